The van der Waals surface area contributed by atoms with E-state index >= 15 is 0 Å². The standard InChI is InChI=1S/C13H17N3O3S/c1-11-4-2-3-5-12(11)8-15-20(18,19)13-9-14-16(10-13)6-7-17/h2-5,9-10,15,17H,6-8H2,1H3. The Bertz CT molecular complexity index is 680. The molecule has 0 aliphatic carbocycles. The highest BCUT2D eigenvalue weighted by atomic mass is 32.2. The highest BCUT2D eigenvalue weighted by Gasteiger charge is 2.16. The number of aromatic nitrogens is 2. The van der Waals surface area contributed by atoms with Gasteiger partial charge in [0.15, 0.2) is 0 Å². The van der Waals surface area contributed by atoms with E-state index < -0.39 is 10.0 Å². The molecule has 0 amide bonds. The number of benzene rings is 1. The second kappa shape index (κ2) is 6.17. The van der Waals surface area contributed by atoms with Crippen LogP contribution in [-0.2, 0) is 23.1 Å². The molecule has 0 radical (unpaired) electrons. The lowest BCUT2D eigenvalue weighted by atomic mass is 10.1. The van der Waals surface area contributed by atoms with E-state index in [0.29, 0.717) is 0 Å². The summed E-state index contributed by atoms with van der Waals surface area (Å²) < 4.78 is 28.2. The normalized spacial score (nSPS) is 11.7. The number of rotatable bonds is 6. The quantitative estimate of drug-likeness (QED) is 0.820. The number of hydrogen-bond acceptors (Lipinski definition) is 4. The maximum Gasteiger partial charge on any atom is 0.243 e. The van der Waals surface area contributed by atoms with E-state index in [1.54, 1.807) is 0 Å². The molecular weight excluding hydrogens is 278 g/mol. The molecule has 0 bridgehead atoms. The van der Waals surface area contributed by atoms with Crippen LogP contribution in [0.1, 0.15) is 11.1 Å². The van der Waals surface area contributed by atoms with E-state index in [1.807, 2.05) is 31.2 Å². The molecule has 0 aliphatic rings. The number of nitrogens with one attached hydrogen (secondary N) is 1. The third-order valence-electron chi connectivity index (χ3n) is 2.96. The Morgan fingerprint density at radius 2 is 2.10 bits per heavy atom. The summed E-state index contributed by atoms with van der Waals surface area (Å²) in [5.74, 6) is 0. The van der Waals surface area contributed by atoms with Gasteiger partial charge in [-0.2, -0.15) is 5.10 Å². The van der Waals surface area contributed by atoms with Gasteiger partial charge in [-0.25, -0.2) is 13.1 Å². The third kappa shape index (κ3) is 3.44. The minimum atomic E-state index is -3.59. The fourth-order valence-corrected chi connectivity index (χ4v) is 2.73. The van der Waals surface area contributed by atoms with Crippen LogP contribution in [0.4, 0.5) is 0 Å². The number of aliphatic hydroxyl groups excluding tert-OH is 1. The molecule has 2 aromatic rings. The number of nitrogens with zero attached hydrogens (tertiary/aromatic N) is 2. The molecule has 0 saturated carbocycles. The largest absolute Gasteiger partial charge is 0.394 e. The molecule has 108 valence electrons. The van der Waals surface area contributed by atoms with Crippen LogP contribution in [0.3, 0.4) is 0 Å². The maximum absolute atomic E-state index is 12.1. The van der Waals surface area contributed by atoms with Gasteiger partial charge in [-0.1, -0.05) is 24.3 Å². The van der Waals surface area contributed by atoms with Crippen molar-refractivity contribution in [3.8, 4) is 0 Å². The summed E-state index contributed by atoms with van der Waals surface area (Å²) in [4.78, 5) is 0.0968. The summed E-state index contributed by atoms with van der Waals surface area (Å²) in [6.45, 7) is 2.36. The minimum absolute atomic E-state index is 0.0855. The maximum atomic E-state index is 12.1. The summed E-state index contributed by atoms with van der Waals surface area (Å²) in [5.41, 5.74) is 1.96. The Balaban J connectivity index is 2.09. The molecule has 1 aromatic carbocycles. The Kier molecular flexibility index (Phi) is 4.53. The first-order valence-electron chi connectivity index (χ1n) is 6.20. The molecule has 6 nitrogen and oxygen atoms in total. The molecular formula is C13H17N3O3S. The summed E-state index contributed by atoms with van der Waals surface area (Å²) >= 11 is 0. The lowest BCUT2D eigenvalue weighted by molar-refractivity contribution is 0.269. The van der Waals surface area contributed by atoms with E-state index in [9.17, 15) is 8.42 Å². The molecule has 1 aromatic heterocycles. The van der Waals surface area contributed by atoms with Gasteiger partial charge >= 0.3 is 0 Å². The number of aliphatic hydroxyl groups is 1. The average Bonchev–Trinajstić information content (AvgIpc) is 2.88. The van der Waals surface area contributed by atoms with Gasteiger partial charge in [0, 0.05) is 12.7 Å². The van der Waals surface area contributed by atoms with E-state index in [4.69, 9.17) is 5.11 Å². The molecule has 0 spiro atoms. The second-order valence-electron chi connectivity index (χ2n) is 4.41. The van der Waals surface area contributed by atoms with Crippen LogP contribution in [0.2, 0.25) is 0 Å². The zero-order valence-corrected chi connectivity index (χ0v) is 12.0. The van der Waals surface area contributed by atoms with Crippen LogP contribution in [0.5, 0.6) is 0 Å². The first-order valence-corrected chi connectivity index (χ1v) is 7.69. The van der Waals surface area contributed by atoms with E-state index in [1.165, 1.54) is 17.1 Å². The zero-order valence-electron chi connectivity index (χ0n) is 11.2. The molecule has 20 heavy (non-hydrogen) atoms. The molecule has 0 fully saturated rings. The Hall–Kier alpha value is -1.70. The first-order chi connectivity index (χ1) is 9.53. The minimum Gasteiger partial charge on any atom is -0.394 e. The van der Waals surface area contributed by atoms with Crippen molar-refractivity contribution < 1.29 is 13.5 Å². The third-order valence-corrected chi connectivity index (χ3v) is 4.32. The molecule has 0 aliphatic heterocycles. The van der Waals surface area contributed by atoms with E-state index in [2.05, 4.69) is 9.82 Å². The Morgan fingerprint density at radius 3 is 2.80 bits per heavy atom. The van der Waals surface area contributed by atoms with Crippen LogP contribution >= 0.6 is 0 Å². The van der Waals surface area contributed by atoms with Crippen molar-refractivity contribution in [3.63, 3.8) is 0 Å². The van der Waals surface area contributed by atoms with Gasteiger partial charge in [0.25, 0.3) is 0 Å². The van der Waals surface area contributed by atoms with Crippen molar-refractivity contribution >= 4 is 10.0 Å². The van der Waals surface area contributed by atoms with Crippen LogP contribution in [-0.4, -0.2) is 29.9 Å². The van der Waals surface area contributed by atoms with E-state index in [0.717, 1.165) is 11.1 Å². The van der Waals surface area contributed by atoms with Crippen LogP contribution in [0.25, 0.3) is 0 Å². The SMILES string of the molecule is Cc1ccccc1CNS(=O)(=O)c1cnn(CCO)c1. The average molecular weight is 295 g/mol. The smallest absolute Gasteiger partial charge is 0.243 e. The molecule has 1 heterocycles. The predicted molar refractivity (Wildman–Crippen MR) is 74.5 cm³/mol. The van der Waals surface area contributed by atoms with Gasteiger partial charge in [-0.15, -0.1) is 0 Å². The number of sulfonamides is 1. The van der Waals surface area contributed by atoms with Crippen molar-refractivity contribution in [1.82, 2.24) is 14.5 Å². The summed E-state index contributed by atoms with van der Waals surface area (Å²) in [7, 11) is -3.59. The van der Waals surface area contributed by atoms with Gasteiger partial charge in [-0.3, -0.25) is 4.68 Å². The van der Waals surface area contributed by atoms with Gasteiger partial charge in [0.05, 0.1) is 19.3 Å². The molecule has 7 heteroatoms. The van der Waals surface area contributed by atoms with Crippen molar-refractivity contribution in [2.24, 2.45) is 0 Å². The van der Waals surface area contributed by atoms with Crippen molar-refractivity contribution in [1.29, 1.82) is 0 Å². The molecule has 2 rings (SSSR count). The predicted octanol–water partition coefficient (Wildman–Crippen LogP) is 0.662. The van der Waals surface area contributed by atoms with E-state index in [-0.39, 0.29) is 24.6 Å². The monoisotopic (exact) mass is 295 g/mol. The molecule has 0 unspecified atom stereocenters. The number of aryl methyl sites for hydroxylation is 1. The first kappa shape index (κ1) is 14.7. The number of hydrogen-bond donors (Lipinski definition) is 2. The highest BCUT2D eigenvalue weighted by Crippen LogP contribution is 2.10. The summed E-state index contributed by atoms with van der Waals surface area (Å²) in [5, 5.41) is 12.7. The molecule has 0 atom stereocenters. The highest BCUT2D eigenvalue weighted by molar-refractivity contribution is 7.89. The lowest BCUT2D eigenvalue weighted by Gasteiger charge is -2.07. The van der Waals surface area contributed by atoms with Crippen LogP contribution in [0, 0.1) is 6.92 Å². The van der Waals surface area contributed by atoms with Crippen LogP contribution in [0.15, 0.2) is 41.6 Å². The fraction of sp³-hybridized carbons (Fsp3) is 0.308. The van der Waals surface area contributed by atoms with Crippen molar-refractivity contribution in [2.45, 2.75) is 24.9 Å². The van der Waals surface area contributed by atoms with Crippen LogP contribution < -0.4 is 4.72 Å². The van der Waals surface area contributed by atoms with Crippen molar-refractivity contribution in [3.05, 3.63) is 47.8 Å². The lowest BCUT2D eigenvalue weighted by Crippen LogP contribution is -2.23. The second-order valence-corrected chi connectivity index (χ2v) is 6.18. The van der Waals surface area contributed by atoms with Crippen molar-refractivity contribution in [2.75, 3.05) is 6.61 Å². The van der Waals surface area contributed by atoms with Gasteiger partial charge in [-0.05, 0) is 18.1 Å². The molecule has 0 saturated heterocycles. The zero-order chi connectivity index (χ0) is 14.6. The molecule has 2 N–H and O–H groups in total. The van der Waals surface area contributed by atoms with Gasteiger partial charge in [0.2, 0.25) is 10.0 Å². The summed E-state index contributed by atoms with van der Waals surface area (Å²) in [6, 6.07) is 7.60. The van der Waals surface area contributed by atoms with Gasteiger partial charge < -0.3 is 5.11 Å². The Labute approximate surface area is 118 Å². The summed E-state index contributed by atoms with van der Waals surface area (Å²) in [6.07, 6.45) is 2.67. The topological polar surface area (TPSA) is 84.2 Å². The Morgan fingerprint density at radius 1 is 1.35 bits per heavy atom. The fourth-order valence-electron chi connectivity index (χ4n) is 1.77. The van der Waals surface area contributed by atoms with Gasteiger partial charge in [0.1, 0.15) is 4.90 Å².